The van der Waals surface area contributed by atoms with E-state index in [0.717, 1.165) is 0 Å². The van der Waals surface area contributed by atoms with Crippen LogP contribution in [0.5, 0.6) is 0 Å². The molecule has 0 saturated heterocycles. The maximum atomic E-state index is 2.63. The molecule has 0 unspecified atom stereocenters. The van der Waals surface area contributed by atoms with Crippen molar-refractivity contribution in [2.24, 2.45) is 0 Å². The fourth-order valence-electron chi connectivity index (χ4n) is 12.4. The van der Waals surface area contributed by atoms with Gasteiger partial charge in [0.25, 0.3) is 6.71 Å². The largest absolute Gasteiger partial charge is 0.311 e. The van der Waals surface area contributed by atoms with Gasteiger partial charge in [-0.25, -0.2) is 0 Å². The molecule has 0 saturated carbocycles. The van der Waals surface area contributed by atoms with Gasteiger partial charge in [0.1, 0.15) is 0 Å². The summed E-state index contributed by atoms with van der Waals surface area (Å²) in [7, 11) is 0. The fraction of sp³-hybridized carbons (Fsp3) is 0.222. The SMILES string of the molecule is CC(C)(C)c1cccc(-c2cccc(N3c4cccc5c4B(c4cc(C(C)(C)C)ccc4N5c4ccc(C(C)(C)C)cc4-c4ccc5c6ccccc6c6ccccc6c5c4)c4sc5ccc(C(C)(C)C)cc5c43)c2)c1. The molecule has 2 aliphatic heterocycles. The minimum absolute atomic E-state index is 0.00532. The fourth-order valence-corrected chi connectivity index (χ4v) is 13.7. The second-order valence-corrected chi connectivity index (χ2v) is 26.9. The lowest BCUT2D eigenvalue weighted by Crippen LogP contribution is -2.60. The molecular formula is C72H67BN2S. The van der Waals surface area contributed by atoms with Crippen molar-refractivity contribution in [3.63, 3.8) is 0 Å². The Morgan fingerprint density at radius 2 is 0.855 bits per heavy atom. The molecule has 2 nitrogen and oxygen atoms in total. The molecule has 0 N–H and O–H groups in total. The van der Waals surface area contributed by atoms with Crippen molar-refractivity contribution in [2.45, 2.75) is 105 Å². The smallest absolute Gasteiger partial charge is 0.264 e. The van der Waals surface area contributed by atoms with E-state index in [0.29, 0.717) is 0 Å². The van der Waals surface area contributed by atoms with Crippen LogP contribution in [0.25, 0.3) is 64.7 Å². The van der Waals surface area contributed by atoms with Gasteiger partial charge in [-0.3, -0.25) is 0 Å². The van der Waals surface area contributed by atoms with Gasteiger partial charge in [-0.2, -0.15) is 0 Å². The van der Waals surface area contributed by atoms with Crippen LogP contribution in [0, 0.1) is 0 Å². The van der Waals surface area contributed by atoms with Gasteiger partial charge in [0, 0.05) is 43.2 Å². The monoisotopic (exact) mass is 1000 g/mol. The number of benzene rings is 10. The highest BCUT2D eigenvalue weighted by Crippen LogP contribution is 2.51. The third-order valence-electron chi connectivity index (χ3n) is 16.6. The molecular weight excluding hydrogens is 936 g/mol. The highest BCUT2D eigenvalue weighted by atomic mass is 32.1. The molecule has 0 aliphatic carbocycles. The molecule has 0 fully saturated rings. The molecule has 0 radical (unpaired) electrons. The Balaban J connectivity index is 1.10. The van der Waals surface area contributed by atoms with Crippen LogP contribution >= 0.6 is 11.3 Å². The normalized spacial score (nSPS) is 13.7. The maximum Gasteiger partial charge on any atom is 0.264 e. The van der Waals surface area contributed by atoms with Gasteiger partial charge in [-0.1, -0.05) is 210 Å². The van der Waals surface area contributed by atoms with Crippen LogP contribution in [0.3, 0.4) is 0 Å². The first-order valence-corrected chi connectivity index (χ1v) is 28.2. The van der Waals surface area contributed by atoms with Crippen LogP contribution in [-0.2, 0) is 21.7 Å². The van der Waals surface area contributed by atoms with E-state index < -0.39 is 0 Å². The number of fused-ring (bicyclic) bond motifs is 12. The van der Waals surface area contributed by atoms with Gasteiger partial charge in [0.05, 0.1) is 11.4 Å². The van der Waals surface area contributed by atoms with Crippen LogP contribution in [0.2, 0.25) is 0 Å². The standard InChI is InChI=1S/C72H67BN2S/c1-69(2,3)47-22-17-20-44(38-47)45-21-18-23-51(39-45)74-63-28-19-29-64-66(63)73(68-67(74)59-42-49(71(7,8)9)33-37-65(59)76-68)60-43-50(72(10,11)12)32-36-62(60)75(64)61-35-31-48(70(4,5)6)41-57(61)46-30-34-56-54-26-14-13-24-52(54)53-25-15-16-27-55(53)58(56)40-46/h13-43H,1-12H3. The maximum absolute atomic E-state index is 2.63. The molecule has 374 valence electrons. The number of hydrogen-bond donors (Lipinski definition) is 0. The Morgan fingerprint density at radius 3 is 1.50 bits per heavy atom. The van der Waals surface area contributed by atoms with E-state index in [-0.39, 0.29) is 28.4 Å². The highest BCUT2D eigenvalue weighted by Gasteiger charge is 2.46. The second-order valence-electron chi connectivity index (χ2n) is 25.8. The van der Waals surface area contributed by atoms with Gasteiger partial charge in [-0.05, 0) is 165 Å². The van der Waals surface area contributed by atoms with Crippen molar-refractivity contribution >= 4 is 110 Å². The first-order chi connectivity index (χ1) is 36.2. The molecule has 1 aromatic heterocycles. The van der Waals surface area contributed by atoms with Gasteiger partial charge in [0.2, 0.25) is 0 Å². The van der Waals surface area contributed by atoms with Crippen LogP contribution < -0.4 is 25.5 Å². The van der Waals surface area contributed by atoms with Gasteiger partial charge >= 0.3 is 0 Å². The van der Waals surface area contributed by atoms with Crippen LogP contribution in [-0.4, -0.2) is 6.71 Å². The number of hydrogen-bond acceptors (Lipinski definition) is 3. The summed E-state index contributed by atoms with van der Waals surface area (Å²) in [4.78, 5) is 5.26. The molecule has 0 bridgehead atoms. The molecule has 0 amide bonds. The Kier molecular flexibility index (Phi) is 10.8. The quantitative estimate of drug-likeness (QED) is 0.128. The molecule has 76 heavy (non-hydrogen) atoms. The van der Waals surface area contributed by atoms with Crippen LogP contribution in [0.15, 0.2) is 188 Å². The Labute approximate surface area is 454 Å². The second kappa shape index (κ2) is 17.1. The molecule has 10 aromatic carbocycles. The summed E-state index contributed by atoms with van der Waals surface area (Å²) in [5.41, 5.74) is 20.1. The van der Waals surface area contributed by atoms with Crippen molar-refractivity contribution in [2.75, 3.05) is 9.80 Å². The van der Waals surface area contributed by atoms with Crippen molar-refractivity contribution in [3.05, 3.63) is 210 Å². The van der Waals surface area contributed by atoms with Crippen molar-refractivity contribution in [1.82, 2.24) is 0 Å². The van der Waals surface area contributed by atoms with Crippen molar-refractivity contribution < 1.29 is 0 Å². The zero-order chi connectivity index (χ0) is 52.8. The zero-order valence-corrected chi connectivity index (χ0v) is 47.1. The summed E-state index contributed by atoms with van der Waals surface area (Å²) in [5, 5.41) is 9.03. The molecule has 0 atom stereocenters. The number of rotatable bonds is 4. The summed E-state index contributed by atoms with van der Waals surface area (Å²) < 4.78 is 2.71. The van der Waals surface area contributed by atoms with E-state index in [9.17, 15) is 0 Å². The van der Waals surface area contributed by atoms with Gasteiger partial charge < -0.3 is 9.80 Å². The first kappa shape index (κ1) is 48.3. The van der Waals surface area contributed by atoms with Crippen LogP contribution in [0.1, 0.15) is 105 Å². The minimum Gasteiger partial charge on any atom is -0.311 e. The van der Waals surface area contributed by atoms with E-state index >= 15 is 0 Å². The predicted octanol–water partition coefficient (Wildman–Crippen LogP) is 19.0. The Hall–Kier alpha value is -7.40. The lowest BCUT2D eigenvalue weighted by Gasteiger charge is -2.44. The van der Waals surface area contributed by atoms with Gasteiger partial charge in [-0.15, -0.1) is 11.3 Å². The van der Waals surface area contributed by atoms with E-state index in [1.54, 1.807) is 0 Å². The molecule has 3 heterocycles. The number of thiophene rings is 1. The van der Waals surface area contributed by atoms with Crippen molar-refractivity contribution in [3.8, 4) is 22.3 Å². The first-order valence-electron chi connectivity index (χ1n) is 27.4. The average Bonchev–Trinajstić information content (AvgIpc) is 3.97. The summed E-state index contributed by atoms with van der Waals surface area (Å²) in [6, 6.07) is 72.7. The summed E-state index contributed by atoms with van der Waals surface area (Å²) in [5.74, 6) is 0. The summed E-state index contributed by atoms with van der Waals surface area (Å²) in [6.45, 7) is 28.0. The topological polar surface area (TPSA) is 6.48 Å². The molecule has 13 rings (SSSR count). The third kappa shape index (κ3) is 7.73. The minimum atomic E-state index is -0.0705. The lowest BCUT2D eigenvalue weighted by atomic mass is 9.36. The molecule has 11 aromatic rings. The summed E-state index contributed by atoms with van der Waals surface area (Å²) in [6.07, 6.45) is 0. The number of anilines is 6. The van der Waals surface area contributed by atoms with Gasteiger partial charge in [0.15, 0.2) is 0 Å². The molecule has 0 spiro atoms. The van der Waals surface area contributed by atoms with Crippen LogP contribution in [0.4, 0.5) is 34.1 Å². The van der Waals surface area contributed by atoms with E-state index in [1.165, 1.54) is 137 Å². The average molecular weight is 1000 g/mol. The van der Waals surface area contributed by atoms with E-state index in [4.69, 9.17) is 0 Å². The number of nitrogens with zero attached hydrogens (tertiary/aromatic N) is 2. The third-order valence-corrected chi connectivity index (χ3v) is 17.9. The van der Waals surface area contributed by atoms with E-state index in [2.05, 4.69) is 281 Å². The van der Waals surface area contributed by atoms with Crippen molar-refractivity contribution in [1.29, 1.82) is 0 Å². The molecule has 4 heteroatoms. The lowest BCUT2D eigenvalue weighted by molar-refractivity contribution is 0.590. The Morgan fingerprint density at radius 1 is 0.342 bits per heavy atom. The Bertz CT molecular complexity index is 4150. The summed E-state index contributed by atoms with van der Waals surface area (Å²) >= 11 is 1.98. The molecule has 2 aliphatic rings. The highest BCUT2D eigenvalue weighted by molar-refractivity contribution is 7.33. The predicted molar refractivity (Wildman–Crippen MR) is 334 cm³/mol. The van der Waals surface area contributed by atoms with E-state index in [1.807, 2.05) is 11.3 Å². The zero-order valence-electron chi connectivity index (χ0n) is 46.3.